The lowest BCUT2D eigenvalue weighted by Gasteiger charge is -2.10. The monoisotopic (exact) mass is 263 g/mol. The van der Waals surface area contributed by atoms with Gasteiger partial charge < -0.3 is 5.32 Å². The average Bonchev–Trinajstić information content (AvgIpc) is 2.72. The number of anilines is 1. The van der Waals surface area contributed by atoms with E-state index in [9.17, 15) is 18.0 Å². The number of fused-ring (bicyclic) bond motifs is 1. The van der Waals surface area contributed by atoms with Gasteiger partial charge in [-0.15, -0.1) is 0 Å². The molecule has 0 aliphatic carbocycles. The normalized spacial score (nSPS) is 17.2. The summed E-state index contributed by atoms with van der Waals surface area (Å²) < 4.78 is 40.0. The summed E-state index contributed by atoms with van der Waals surface area (Å²) in [5.41, 5.74) is 0.636. The number of benzene rings is 2. The second kappa shape index (κ2) is 4.12. The van der Waals surface area contributed by atoms with Gasteiger partial charge >= 0.3 is 0 Å². The van der Waals surface area contributed by atoms with Crippen LogP contribution in [0.3, 0.4) is 0 Å². The number of halogens is 3. The van der Waals surface area contributed by atoms with E-state index in [1.165, 1.54) is 30.3 Å². The maximum Gasteiger partial charge on any atom is 0.236 e. The summed E-state index contributed by atoms with van der Waals surface area (Å²) in [5.74, 6) is -3.92. The molecule has 0 radical (unpaired) electrons. The molecule has 0 aromatic heterocycles. The predicted octanol–water partition coefficient (Wildman–Crippen LogP) is 3.19. The third-order valence-corrected chi connectivity index (χ3v) is 3.14. The van der Waals surface area contributed by atoms with Gasteiger partial charge in [0, 0.05) is 11.3 Å². The topological polar surface area (TPSA) is 29.1 Å². The second-order valence-electron chi connectivity index (χ2n) is 4.30. The summed E-state index contributed by atoms with van der Waals surface area (Å²) in [5, 5.41) is 2.49. The molecule has 1 amide bonds. The highest BCUT2D eigenvalue weighted by atomic mass is 19.2. The molecule has 1 aliphatic rings. The van der Waals surface area contributed by atoms with E-state index in [-0.39, 0.29) is 11.3 Å². The van der Waals surface area contributed by atoms with Gasteiger partial charge in [0.1, 0.15) is 5.82 Å². The zero-order valence-corrected chi connectivity index (χ0v) is 9.58. The fourth-order valence-electron chi connectivity index (χ4n) is 2.27. The van der Waals surface area contributed by atoms with Crippen molar-refractivity contribution in [3.05, 3.63) is 65.0 Å². The Hall–Kier alpha value is -2.30. The molecule has 1 aliphatic heterocycles. The molecular formula is C14H8F3NO. The van der Waals surface area contributed by atoms with Crippen molar-refractivity contribution in [3.8, 4) is 0 Å². The van der Waals surface area contributed by atoms with E-state index in [2.05, 4.69) is 5.32 Å². The SMILES string of the molecule is O=C1Nc2ccc(F)c(F)c2C1c1ccc(F)cc1. The van der Waals surface area contributed by atoms with Crippen molar-refractivity contribution < 1.29 is 18.0 Å². The fraction of sp³-hybridized carbons (Fsp3) is 0.0714. The summed E-state index contributed by atoms with van der Waals surface area (Å²) in [6.07, 6.45) is 0. The van der Waals surface area contributed by atoms with Gasteiger partial charge in [0.05, 0.1) is 5.92 Å². The summed E-state index contributed by atoms with van der Waals surface area (Å²) in [7, 11) is 0. The number of rotatable bonds is 1. The first-order valence-electron chi connectivity index (χ1n) is 5.62. The Labute approximate surface area is 106 Å². The molecule has 0 fully saturated rings. The van der Waals surface area contributed by atoms with E-state index in [1.807, 2.05) is 0 Å². The molecule has 2 aromatic carbocycles. The molecule has 5 heteroatoms. The number of carbonyl (C=O) groups excluding carboxylic acids is 1. The van der Waals surface area contributed by atoms with Crippen LogP contribution in [0.2, 0.25) is 0 Å². The Kier molecular flexibility index (Phi) is 2.55. The molecule has 3 rings (SSSR count). The van der Waals surface area contributed by atoms with Gasteiger partial charge in [-0.2, -0.15) is 0 Å². The highest BCUT2D eigenvalue weighted by molar-refractivity contribution is 6.05. The van der Waals surface area contributed by atoms with Crippen LogP contribution >= 0.6 is 0 Å². The number of amides is 1. The number of hydrogen-bond donors (Lipinski definition) is 1. The van der Waals surface area contributed by atoms with Crippen molar-refractivity contribution in [2.24, 2.45) is 0 Å². The van der Waals surface area contributed by atoms with E-state index in [4.69, 9.17) is 0 Å². The first kappa shape index (κ1) is 11.8. The molecule has 2 aromatic rings. The number of hydrogen-bond acceptors (Lipinski definition) is 1. The van der Waals surface area contributed by atoms with Crippen LogP contribution in [0.15, 0.2) is 36.4 Å². The Bertz CT molecular complexity index is 667. The fourth-order valence-corrected chi connectivity index (χ4v) is 2.27. The quantitative estimate of drug-likeness (QED) is 0.841. The van der Waals surface area contributed by atoms with Crippen LogP contribution in [0.25, 0.3) is 0 Å². The van der Waals surface area contributed by atoms with Crippen LogP contribution < -0.4 is 5.32 Å². The lowest BCUT2D eigenvalue weighted by molar-refractivity contribution is -0.116. The van der Waals surface area contributed by atoms with Crippen LogP contribution in [-0.2, 0) is 4.79 Å². The van der Waals surface area contributed by atoms with Crippen LogP contribution in [0.4, 0.5) is 18.9 Å². The zero-order chi connectivity index (χ0) is 13.6. The minimum atomic E-state index is -1.05. The molecule has 1 unspecified atom stereocenters. The summed E-state index contributed by atoms with van der Waals surface area (Å²) in [6.45, 7) is 0. The third-order valence-electron chi connectivity index (χ3n) is 3.14. The van der Waals surface area contributed by atoms with Gasteiger partial charge in [-0.1, -0.05) is 12.1 Å². The maximum atomic E-state index is 13.8. The molecule has 1 heterocycles. The van der Waals surface area contributed by atoms with E-state index in [0.717, 1.165) is 6.07 Å². The van der Waals surface area contributed by atoms with Crippen LogP contribution in [0.1, 0.15) is 17.0 Å². The van der Waals surface area contributed by atoms with Crippen LogP contribution in [0, 0.1) is 17.5 Å². The molecule has 1 atom stereocenters. The molecule has 2 nitrogen and oxygen atoms in total. The molecule has 0 saturated heterocycles. The van der Waals surface area contributed by atoms with E-state index in [0.29, 0.717) is 5.56 Å². The Morgan fingerprint density at radius 2 is 1.63 bits per heavy atom. The van der Waals surface area contributed by atoms with Gasteiger partial charge in [0.15, 0.2) is 11.6 Å². The summed E-state index contributed by atoms with van der Waals surface area (Å²) in [6, 6.07) is 7.41. The maximum absolute atomic E-state index is 13.8. The number of carbonyl (C=O) groups is 1. The molecular weight excluding hydrogens is 255 g/mol. The molecule has 0 saturated carbocycles. The minimum absolute atomic E-state index is 0.0309. The standard InChI is InChI=1S/C14H8F3NO/c15-8-3-1-7(2-4-8)11-12-10(18-14(11)19)6-5-9(16)13(12)17/h1-6,11H,(H,18,19). The van der Waals surface area contributed by atoms with Crippen LogP contribution in [0.5, 0.6) is 0 Å². The zero-order valence-electron chi connectivity index (χ0n) is 9.58. The van der Waals surface area contributed by atoms with Crippen molar-refractivity contribution in [3.63, 3.8) is 0 Å². The molecule has 0 spiro atoms. The van der Waals surface area contributed by atoms with Gasteiger partial charge in [-0.05, 0) is 29.8 Å². The summed E-state index contributed by atoms with van der Waals surface area (Å²) >= 11 is 0. The van der Waals surface area contributed by atoms with E-state index in [1.54, 1.807) is 0 Å². The number of nitrogens with one attached hydrogen (secondary N) is 1. The molecule has 1 N–H and O–H groups in total. The van der Waals surface area contributed by atoms with E-state index >= 15 is 0 Å². The first-order chi connectivity index (χ1) is 9.08. The van der Waals surface area contributed by atoms with Crippen molar-refractivity contribution in [2.75, 3.05) is 5.32 Å². The largest absolute Gasteiger partial charge is 0.325 e. The smallest absolute Gasteiger partial charge is 0.236 e. The summed E-state index contributed by atoms with van der Waals surface area (Å²) in [4.78, 5) is 11.9. The van der Waals surface area contributed by atoms with Crippen molar-refractivity contribution >= 4 is 11.6 Å². The lowest BCUT2D eigenvalue weighted by atomic mass is 9.92. The Morgan fingerprint density at radius 1 is 0.947 bits per heavy atom. The van der Waals surface area contributed by atoms with Crippen molar-refractivity contribution in [1.82, 2.24) is 0 Å². The Balaban J connectivity index is 2.17. The minimum Gasteiger partial charge on any atom is -0.325 e. The predicted molar refractivity (Wildman–Crippen MR) is 63.2 cm³/mol. The van der Waals surface area contributed by atoms with Gasteiger partial charge in [0.2, 0.25) is 5.91 Å². The highest BCUT2D eigenvalue weighted by Crippen LogP contribution is 2.39. The van der Waals surface area contributed by atoms with E-state index < -0.39 is 29.3 Å². The van der Waals surface area contributed by atoms with Crippen LogP contribution in [-0.4, -0.2) is 5.91 Å². The van der Waals surface area contributed by atoms with Gasteiger partial charge in [-0.3, -0.25) is 4.79 Å². The lowest BCUT2D eigenvalue weighted by Crippen LogP contribution is -2.13. The molecule has 0 bridgehead atoms. The Morgan fingerprint density at radius 3 is 2.32 bits per heavy atom. The average molecular weight is 263 g/mol. The molecule has 96 valence electrons. The van der Waals surface area contributed by atoms with Gasteiger partial charge in [-0.25, -0.2) is 13.2 Å². The second-order valence-corrected chi connectivity index (χ2v) is 4.30. The third kappa shape index (κ3) is 1.78. The highest BCUT2D eigenvalue weighted by Gasteiger charge is 2.35. The van der Waals surface area contributed by atoms with Crippen molar-refractivity contribution in [1.29, 1.82) is 0 Å². The van der Waals surface area contributed by atoms with Crippen molar-refractivity contribution in [2.45, 2.75) is 5.92 Å². The molecule has 19 heavy (non-hydrogen) atoms. The first-order valence-corrected chi connectivity index (χ1v) is 5.62. The van der Waals surface area contributed by atoms with Gasteiger partial charge in [0.25, 0.3) is 0 Å².